The van der Waals surface area contributed by atoms with Crippen molar-refractivity contribution in [3.8, 4) is 0 Å². The predicted molar refractivity (Wildman–Crippen MR) is 108 cm³/mol. The van der Waals surface area contributed by atoms with E-state index in [1.807, 2.05) is 11.4 Å². The third-order valence-electron chi connectivity index (χ3n) is 4.80. The average Bonchev–Trinajstić information content (AvgIpc) is 3.15. The number of fused-ring (bicyclic) bond motifs is 2. The number of hydrogen-bond donors (Lipinski definition) is 1. The quantitative estimate of drug-likeness (QED) is 0.519. The van der Waals surface area contributed by atoms with Crippen molar-refractivity contribution in [2.45, 2.75) is 43.7 Å². The van der Waals surface area contributed by atoms with Crippen LogP contribution >= 0.6 is 23.1 Å². The monoisotopic (exact) mass is 383 g/mol. The Bertz CT molecular complexity index is 938. The van der Waals surface area contributed by atoms with Crippen molar-refractivity contribution in [1.29, 1.82) is 0 Å². The molecule has 1 aliphatic rings. The molecule has 0 bridgehead atoms. The lowest BCUT2D eigenvalue weighted by Crippen LogP contribution is -2.28. The average molecular weight is 384 g/mol. The maximum atomic E-state index is 12.4. The smallest absolute Gasteiger partial charge is 0.230 e. The first-order valence-corrected chi connectivity index (χ1v) is 10.8. The van der Waals surface area contributed by atoms with Gasteiger partial charge in [0.1, 0.15) is 11.4 Å². The van der Waals surface area contributed by atoms with E-state index in [0.29, 0.717) is 5.75 Å². The van der Waals surface area contributed by atoms with Gasteiger partial charge in [0.2, 0.25) is 5.91 Å². The van der Waals surface area contributed by atoms with Gasteiger partial charge in [-0.25, -0.2) is 9.97 Å². The van der Waals surface area contributed by atoms with Crippen LogP contribution in [-0.4, -0.2) is 21.6 Å². The number of carbonyl (C=O) groups excluding carboxylic acids is 1. The van der Waals surface area contributed by atoms with Crippen molar-refractivity contribution in [1.82, 2.24) is 15.3 Å². The molecule has 1 aromatic carbocycles. The molecule has 1 atom stereocenters. The first-order valence-electron chi connectivity index (χ1n) is 8.93. The second kappa shape index (κ2) is 7.76. The van der Waals surface area contributed by atoms with Gasteiger partial charge in [-0.3, -0.25) is 4.79 Å². The number of nitrogens with one attached hydrogen (secondary N) is 1. The maximum absolute atomic E-state index is 12.4. The Hall–Kier alpha value is -1.92. The summed E-state index contributed by atoms with van der Waals surface area (Å²) in [5.74, 6) is 0.391. The van der Waals surface area contributed by atoms with Gasteiger partial charge in [0, 0.05) is 0 Å². The van der Waals surface area contributed by atoms with Crippen LogP contribution in [0.2, 0.25) is 0 Å². The molecule has 4 nitrogen and oxygen atoms in total. The molecular formula is C20H21N3OS2. The fourth-order valence-corrected chi connectivity index (χ4v) is 5.15. The summed E-state index contributed by atoms with van der Waals surface area (Å²) in [4.78, 5) is 20.9. The molecule has 1 aliphatic carbocycles. The highest BCUT2D eigenvalue weighted by molar-refractivity contribution is 8.00. The molecule has 0 radical (unpaired) electrons. The Balaban J connectivity index is 1.38. The molecule has 3 aromatic rings. The summed E-state index contributed by atoms with van der Waals surface area (Å²) in [5, 5.41) is 5.99. The first-order chi connectivity index (χ1) is 12.7. The Morgan fingerprint density at radius 1 is 1.23 bits per heavy atom. The molecule has 26 heavy (non-hydrogen) atoms. The zero-order chi connectivity index (χ0) is 17.9. The van der Waals surface area contributed by atoms with Gasteiger partial charge in [0.05, 0.1) is 22.0 Å². The third-order valence-corrected chi connectivity index (χ3v) is 6.83. The van der Waals surface area contributed by atoms with Crippen molar-refractivity contribution in [2.75, 3.05) is 5.75 Å². The Morgan fingerprint density at radius 2 is 2.08 bits per heavy atom. The number of thiophene rings is 1. The van der Waals surface area contributed by atoms with Gasteiger partial charge in [0.15, 0.2) is 0 Å². The fraction of sp³-hybridized carbons (Fsp3) is 0.350. The van der Waals surface area contributed by atoms with Gasteiger partial charge in [-0.05, 0) is 60.7 Å². The van der Waals surface area contributed by atoms with Gasteiger partial charge in [-0.2, -0.15) is 0 Å². The standard InChI is InChI=1S/C20H21N3OS2/c1-13(15-7-6-14-4-2-3-5-16(14)10-15)23-18(24)11-26-20-19-17(8-9-25-19)21-12-22-20/h6-10,12-13H,2-5,11H2,1H3,(H,23,24)/t13-/m0/s1. The zero-order valence-electron chi connectivity index (χ0n) is 14.7. The Labute approximate surface area is 161 Å². The summed E-state index contributed by atoms with van der Waals surface area (Å²) in [7, 11) is 0. The second-order valence-electron chi connectivity index (χ2n) is 6.63. The minimum absolute atomic E-state index is 0.0162. The minimum atomic E-state index is 0.0162. The topological polar surface area (TPSA) is 54.9 Å². The van der Waals surface area contributed by atoms with Crippen LogP contribution in [0.15, 0.2) is 41.0 Å². The van der Waals surface area contributed by atoms with Crippen LogP contribution in [0.4, 0.5) is 0 Å². The predicted octanol–water partition coefficient (Wildman–Crippen LogP) is 4.54. The molecule has 0 fully saturated rings. The van der Waals surface area contributed by atoms with Crippen molar-refractivity contribution in [2.24, 2.45) is 0 Å². The van der Waals surface area contributed by atoms with Crippen LogP contribution in [0, 0.1) is 0 Å². The van der Waals surface area contributed by atoms with Gasteiger partial charge in [-0.15, -0.1) is 11.3 Å². The van der Waals surface area contributed by atoms with Gasteiger partial charge in [-0.1, -0.05) is 30.0 Å². The lowest BCUT2D eigenvalue weighted by atomic mass is 9.89. The molecule has 2 aromatic heterocycles. The first kappa shape index (κ1) is 17.5. The molecular weight excluding hydrogens is 362 g/mol. The highest BCUT2D eigenvalue weighted by Crippen LogP contribution is 2.29. The normalized spacial score (nSPS) is 14.8. The van der Waals surface area contributed by atoms with Crippen molar-refractivity contribution in [3.63, 3.8) is 0 Å². The van der Waals surface area contributed by atoms with Crippen LogP contribution in [-0.2, 0) is 17.6 Å². The molecule has 0 spiro atoms. The van der Waals surface area contributed by atoms with E-state index in [0.717, 1.165) is 21.7 Å². The number of benzene rings is 1. The minimum Gasteiger partial charge on any atom is -0.349 e. The number of rotatable bonds is 5. The fourth-order valence-electron chi connectivity index (χ4n) is 3.39. The van der Waals surface area contributed by atoms with Gasteiger partial charge >= 0.3 is 0 Å². The van der Waals surface area contributed by atoms with Crippen LogP contribution in [0.25, 0.3) is 10.2 Å². The lowest BCUT2D eigenvalue weighted by Gasteiger charge is -2.20. The van der Waals surface area contributed by atoms with E-state index in [2.05, 4.69) is 40.4 Å². The summed E-state index contributed by atoms with van der Waals surface area (Å²) in [6.45, 7) is 2.05. The summed E-state index contributed by atoms with van der Waals surface area (Å²) in [5.41, 5.74) is 5.05. The van der Waals surface area contributed by atoms with E-state index >= 15 is 0 Å². The Kier molecular flexibility index (Phi) is 5.22. The summed E-state index contributed by atoms with van der Waals surface area (Å²) >= 11 is 3.08. The molecule has 0 aliphatic heterocycles. The number of aromatic nitrogens is 2. The SMILES string of the molecule is C[C@H](NC(=O)CSc1ncnc2ccsc12)c1ccc2c(c1)CCCC2. The molecule has 0 saturated carbocycles. The number of nitrogens with zero attached hydrogens (tertiary/aromatic N) is 2. The lowest BCUT2D eigenvalue weighted by molar-refractivity contribution is -0.119. The van der Waals surface area contributed by atoms with Crippen LogP contribution in [0.5, 0.6) is 0 Å². The van der Waals surface area contributed by atoms with E-state index < -0.39 is 0 Å². The Morgan fingerprint density at radius 3 is 2.96 bits per heavy atom. The van der Waals surface area contributed by atoms with E-state index in [4.69, 9.17) is 0 Å². The number of carbonyl (C=O) groups is 1. The molecule has 6 heteroatoms. The molecule has 1 N–H and O–H groups in total. The van der Waals surface area contributed by atoms with E-state index in [1.54, 1.807) is 17.7 Å². The van der Waals surface area contributed by atoms with Gasteiger partial charge < -0.3 is 5.32 Å². The van der Waals surface area contributed by atoms with Crippen LogP contribution < -0.4 is 5.32 Å². The summed E-state index contributed by atoms with van der Waals surface area (Å²) in [6.07, 6.45) is 6.46. The third kappa shape index (κ3) is 3.76. The molecule has 134 valence electrons. The highest BCUT2D eigenvalue weighted by atomic mass is 32.2. The highest BCUT2D eigenvalue weighted by Gasteiger charge is 2.15. The van der Waals surface area contributed by atoms with E-state index in [1.165, 1.54) is 47.7 Å². The van der Waals surface area contributed by atoms with Gasteiger partial charge in [0.25, 0.3) is 0 Å². The van der Waals surface area contributed by atoms with Crippen molar-refractivity contribution in [3.05, 3.63) is 52.7 Å². The number of hydrogen-bond acceptors (Lipinski definition) is 5. The zero-order valence-corrected chi connectivity index (χ0v) is 16.3. The molecule has 2 heterocycles. The summed E-state index contributed by atoms with van der Waals surface area (Å²) in [6, 6.07) is 8.65. The molecule has 1 amide bonds. The van der Waals surface area contributed by atoms with Crippen LogP contribution in [0.1, 0.15) is 42.5 Å². The van der Waals surface area contributed by atoms with Crippen LogP contribution in [0.3, 0.4) is 0 Å². The number of thioether (sulfide) groups is 1. The largest absolute Gasteiger partial charge is 0.349 e. The molecule has 0 unspecified atom stereocenters. The number of aryl methyl sites for hydroxylation is 2. The van der Waals surface area contributed by atoms with E-state index in [9.17, 15) is 4.79 Å². The van der Waals surface area contributed by atoms with Crippen molar-refractivity contribution < 1.29 is 4.79 Å². The number of amides is 1. The maximum Gasteiger partial charge on any atom is 0.230 e. The molecule has 4 rings (SSSR count). The summed E-state index contributed by atoms with van der Waals surface area (Å²) < 4.78 is 1.05. The molecule has 0 saturated heterocycles. The second-order valence-corrected chi connectivity index (χ2v) is 8.51. The van der Waals surface area contributed by atoms with Crippen molar-refractivity contribution >= 4 is 39.2 Å². The van der Waals surface area contributed by atoms with E-state index in [-0.39, 0.29) is 11.9 Å².